The first-order valence-electron chi connectivity index (χ1n) is 8.10. The molecule has 0 saturated carbocycles. The minimum Gasteiger partial charge on any atom is -0.322 e. The van der Waals surface area contributed by atoms with Crippen molar-refractivity contribution in [3.63, 3.8) is 0 Å². The highest BCUT2D eigenvalue weighted by Gasteiger charge is 2.24. The molecular formula is C19H27NOSi2. The largest absolute Gasteiger partial charge is 0.322 e. The Hall–Kier alpha value is -1.66. The van der Waals surface area contributed by atoms with Gasteiger partial charge in [-0.15, -0.1) is 0 Å². The molecule has 1 N–H and O–H groups in total. The van der Waals surface area contributed by atoms with Gasteiger partial charge in [-0.05, 0) is 12.1 Å². The molecule has 2 nitrogen and oxygen atoms in total. The van der Waals surface area contributed by atoms with Crippen LogP contribution in [0.2, 0.25) is 39.3 Å². The molecule has 122 valence electrons. The molecule has 1 amide bonds. The Morgan fingerprint density at radius 3 is 1.70 bits per heavy atom. The molecule has 0 aromatic heterocycles. The summed E-state index contributed by atoms with van der Waals surface area (Å²) in [4.78, 5) is 12.7. The molecule has 2 aromatic rings. The molecule has 0 aliphatic heterocycles. The number of amides is 1. The highest BCUT2D eigenvalue weighted by atomic mass is 28.3. The lowest BCUT2D eigenvalue weighted by Crippen LogP contribution is -2.46. The van der Waals surface area contributed by atoms with Crippen molar-refractivity contribution >= 4 is 38.1 Å². The predicted molar refractivity (Wildman–Crippen MR) is 107 cm³/mol. The zero-order valence-corrected chi connectivity index (χ0v) is 17.0. The van der Waals surface area contributed by atoms with Crippen LogP contribution in [0.15, 0.2) is 48.5 Å². The Balaban J connectivity index is 2.43. The fourth-order valence-electron chi connectivity index (χ4n) is 2.35. The molecule has 2 aromatic carbocycles. The number of anilines is 1. The monoisotopic (exact) mass is 341 g/mol. The van der Waals surface area contributed by atoms with E-state index >= 15 is 0 Å². The highest BCUT2D eigenvalue weighted by Crippen LogP contribution is 2.12. The second-order valence-corrected chi connectivity index (χ2v) is 18.3. The molecule has 0 atom stereocenters. The number of hydrogen-bond acceptors (Lipinski definition) is 1. The molecule has 0 saturated heterocycles. The van der Waals surface area contributed by atoms with Crippen LogP contribution in [0.3, 0.4) is 0 Å². The van der Waals surface area contributed by atoms with Gasteiger partial charge in [0.2, 0.25) is 0 Å². The summed E-state index contributed by atoms with van der Waals surface area (Å²) < 4.78 is 0. The molecule has 0 fully saturated rings. The van der Waals surface area contributed by atoms with E-state index in [-0.39, 0.29) is 5.91 Å². The van der Waals surface area contributed by atoms with Crippen molar-refractivity contribution in [2.24, 2.45) is 0 Å². The lowest BCUT2D eigenvalue weighted by Gasteiger charge is -2.24. The normalized spacial score (nSPS) is 12.1. The molecule has 0 bridgehead atoms. The van der Waals surface area contributed by atoms with E-state index in [9.17, 15) is 4.79 Å². The van der Waals surface area contributed by atoms with Crippen molar-refractivity contribution in [2.45, 2.75) is 39.3 Å². The van der Waals surface area contributed by atoms with Crippen LogP contribution in [-0.2, 0) is 0 Å². The van der Waals surface area contributed by atoms with Gasteiger partial charge in [-0.1, -0.05) is 86.1 Å². The van der Waals surface area contributed by atoms with Gasteiger partial charge in [0.05, 0.1) is 16.1 Å². The summed E-state index contributed by atoms with van der Waals surface area (Å²) in [5.41, 5.74) is 1.62. The van der Waals surface area contributed by atoms with E-state index in [1.165, 1.54) is 10.4 Å². The van der Waals surface area contributed by atoms with Gasteiger partial charge >= 0.3 is 0 Å². The van der Waals surface area contributed by atoms with Gasteiger partial charge in [-0.25, -0.2) is 0 Å². The summed E-state index contributed by atoms with van der Waals surface area (Å²) in [6.45, 7) is 14.0. The van der Waals surface area contributed by atoms with Gasteiger partial charge in [0.1, 0.15) is 0 Å². The Labute approximate surface area is 142 Å². The van der Waals surface area contributed by atoms with E-state index in [1.54, 1.807) is 0 Å². The van der Waals surface area contributed by atoms with Gasteiger partial charge in [-0.3, -0.25) is 4.79 Å². The summed E-state index contributed by atoms with van der Waals surface area (Å²) in [7, 11) is -2.94. The van der Waals surface area contributed by atoms with Crippen LogP contribution >= 0.6 is 0 Å². The molecule has 0 radical (unpaired) electrons. The van der Waals surface area contributed by atoms with Crippen molar-refractivity contribution in [3.8, 4) is 0 Å². The second-order valence-electron chi connectivity index (χ2n) is 8.12. The second kappa shape index (κ2) is 6.45. The number of carbonyl (C=O) groups excluding carboxylic acids is 1. The fraction of sp³-hybridized carbons (Fsp3) is 0.316. The van der Waals surface area contributed by atoms with E-state index in [0.717, 1.165) is 11.3 Å². The van der Waals surface area contributed by atoms with Crippen LogP contribution in [-0.4, -0.2) is 22.1 Å². The first-order valence-corrected chi connectivity index (χ1v) is 15.1. The maximum absolute atomic E-state index is 12.7. The van der Waals surface area contributed by atoms with Gasteiger partial charge in [0, 0.05) is 11.3 Å². The van der Waals surface area contributed by atoms with E-state index in [4.69, 9.17) is 0 Å². The predicted octanol–water partition coefficient (Wildman–Crippen LogP) is 4.03. The third-order valence-electron chi connectivity index (χ3n) is 3.96. The molecule has 2 rings (SSSR count). The third kappa shape index (κ3) is 4.66. The standard InChI is InChI=1S/C19H27NOSi2/c1-22(2,3)17-12-15(13-18(14-17)23(4,5)6)19(21)20-16-10-8-7-9-11-16/h7-14H,1-6H3,(H,20,21). The molecule has 0 spiro atoms. The Bertz CT molecular complexity index is 665. The molecule has 0 heterocycles. The quantitative estimate of drug-likeness (QED) is 0.836. The zero-order valence-electron chi connectivity index (χ0n) is 15.0. The topological polar surface area (TPSA) is 29.1 Å². The molecule has 0 aliphatic rings. The first-order chi connectivity index (χ1) is 10.6. The van der Waals surface area contributed by atoms with E-state index in [0.29, 0.717) is 0 Å². The zero-order chi connectivity index (χ0) is 17.3. The van der Waals surface area contributed by atoms with E-state index in [2.05, 4.69) is 62.8 Å². The third-order valence-corrected chi connectivity index (χ3v) is 8.00. The van der Waals surface area contributed by atoms with Crippen molar-refractivity contribution in [1.82, 2.24) is 0 Å². The van der Waals surface area contributed by atoms with Crippen molar-refractivity contribution in [3.05, 3.63) is 54.1 Å². The summed E-state index contributed by atoms with van der Waals surface area (Å²) in [5, 5.41) is 5.72. The molecule has 23 heavy (non-hydrogen) atoms. The van der Waals surface area contributed by atoms with Gasteiger partial charge in [0.15, 0.2) is 0 Å². The number of hydrogen-bond donors (Lipinski definition) is 1. The number of nitrogens with one attached hydrogen (secondary N) is 1. The highest BCUT2D eigenvalue weighted by molar-refractivity contribution is 6.91. The van der Waals surface area contributed by atoms with Crippen LogP contribution in [0.5, 0.6) is 0 Å². The van der Waals surface area contributed by atoms with Crippen LogP contribution in [0.4, 0.5) is 5.69 Å². The summed E-state index contributed by atoms with van der Waals surface area (Å²) in [6.07, 6.45) is 0. The van der Waals surface area contributed by atoms with E-state index < -0.39 is 16.1 Å². The lowest BCUT2D eigenvalue weighted by atomic mass is 10.2. The minimum absolute atomic E-state index is 0.0178. The summed E-state index contributed by atoms with van der Waals surface area (Å²) in [5.74, 6) is -0.0178. The average molecular weight is 342 g/mol. The number of carbonyl (C=O) groups is 1. The van der Waals surface area contributed by atoms with Gasteiger partial charge in [0.25, 0.3) is 5.91 Å². The van der Waals surface area contributed by atoms with Gasteiger partial charge in [-0.2, -0.15) is 0 Å². The smallest absolute Gasteiger partial charge is 0.255 e. The van der Waals surface area contributed by atoms with E-state index in [1.807, 2.05) is 30.3 Å². The Kier molecular flexibility index (Phi) is 4.96. The Morgan fingerprint density at radius 2 is 1.26 bits per heavy atom. The van der Waals surface area contributed by atoms with Gasteiger partial charge < -0.3 is 5.32 Å². The number of rotatable bonds is 4. The average Bonchev–Trinajstić information content (AvgIpc) is 2.46. The maximum Gasteiger partial charge on any atom is 0.255 e. The molecule has 0 aliphatic carbocycles. The first kappa shape index (κ1) is 17.7. The SMILES string of the molecule is C[Si](C)(C)c1cc(C(=O)Nc2ccccc2)cc([Si](C)(C)C)c1. The molecule has 0 unspecified atom stereocenters. The summed E-state index contributed by atoms with van der Waals surface area (Å²) >= 11 is 0. The van der Waals surface area contributed by atoms with Crippen LogP contribution < -0.4 is 15.7 Å². The maximum atomic E-state index is 12.7. The molecular weight excluding hydrogens is 314 g/mol. The number of para-hydroxylation sites is 1. The fourth-order valence-corrected chi connectivity index (χ4v) is 4.85. The lowest BCUT2D eigenvalue weighted by molar-refractivity contribution is 0.102. The molecule has 4 heteroatoms. The minimum atomic E-state index is -1.47. The summed E-state index contributed by atoms with van der Waals surface area (Å²) in [6, 6.07) is 16.2. The van der Waals surface area contributed by atoms with Crippen LogP contribution in [0.25, 0.3) is 0 Å². The van der Waals surface area contributed by atoms with Crippen molar-refractivity contribution < 1.29 is 4.79 Å². The number of benzene rings is 2. The van der Waals surface area contributed by atoms with Crippen LogP contribution in [0, 0.1) is 0 Å². The van der Waals surface area contributed by atoms with Crippen molar-refractivity contribution in [1.29, 1.82) is 0 Å². The Morgan fingerprint density at radius 1 is 0.783 bits per heavy atom. The van der Waals surface area contributed by atoms with Crippen LogP contribution in [0.1, 0.15) is 10.4 Å². The van der Waals surface area contributed by atoms with Crippen molar-refractivity contribution in [2.75, 3.05) is 5.32 Å².